The predicted molar refractivity (Wildman–Crippen MR) is 104 cm³/mol. The summed E-state index contributed by atoms with van der Waals surface area (Å²) in [6.07, 6.45) is 0. The summed E-state index contributed by atoms with van der Waals surface area (Å²) in [4.78, 5) is 28.3. The van der Waals surface area contributed by atoms with E-state index in [2.05, 4.69) is 10.3 Å². The van der Waals surface area contributed by atoms with E-state index in [0.29, 0.717) is 5.69 Å². The van der Waals surface area contributed by atoms with Crippen LogP contribution in [-0.2, 0) is 20.9 Å². The summed E-state index contributed by atoms with van der Waals surface area (Å²) in [6, 6.07) is 15.1. The summed E-state index contributed by atoms with van der Waals surface area (Å²) in [5.74, 6) is -0.519. The van der Waals surface area contributed by atoms with Crippen LogP contribution in [0.5, 0.6) is 0 Å². The molecule has 8 heteroatoms. The fourth-order valence-corrected chi connectivity index (χ4v) is 3.90. The zero-order chi connectivity index (χ0) is 18.4. The van der Waals surface area contributed by atoms with E-state index in [9.17, 15) is 9.59 Å². The number of nitrogens with two attached hydrogens (primary N) is 1. The third-order valence-corrected chi connectivity index (χ3v) is 5.43. The number of carbonyl (C=O) groups is 2. The molecule has 2 amide bonds. The minimum absolute atomic E-state index is 0.0786. The number of benzene rings is 2. The Morgan fingerprint density at radius 2 is 1.92 bits per heavy atom. The van der Waals surface area contributed by atoms with Gasteiger partial charge in [-0.1, -0.05) is 24.3 Å². The smallest absolute Gasteiger partial charge is 0.250 e. The lowest BCUT2D eigenvalue weighted by atomic mass is 10.3. The first-order valence-corrected chi connectivity index (χ1v) is 9.64. The number of hydrogen-bond acceptors (Lipinski definition) is 6. The Labute approximate surface area is 158 Å². The Kier molecular flexibility index (Phi) is 6.21. The first-order chi connectivity index (χ1) is 12.6. The average molecular weight is 387 g/mol. The molecular weight excluding hydrogens is 370 g/mol. The van der Waals surface area contributed by atoms with Gasteiger partial charge in [0.05, 0.1) is 28.3 Å². The maximum Gasteiger partial charge on any atom is 0.250 e. The third kappa shape index (κ3) is 5.04. The van der Waals surface area contributed by atoms with E-state index in [-0.39, 0.29) is 24.9 Å². The lowest BCUT2D eigenvalue weighted by Gasteiger charge is -2.10. The van der Waals surface area contributed by atoms with E-state index in [1.807, 2.05) is 42.5 Å². The van der Waals surface area contributed by atoms with E-state index in [0.717, 1.165) is 20.1 Å². The summed E-state index contributed by atoms with van der Waals surface area (Å²) < 4.78 is 6.57. The molecule has 0 aliphatic heterocycles. The van der Waals surface area contributed by atoms with E-state index in [1.165, 1.54) is 11.8 Å². The largest absolute Gasteiger partial charge is 0.369 e. The van der Waals surface area contributed by atoms with Gasteiger partial charge in [-0.25, -0.2) is 4.98 Å². The number of thioether (sulfide) groups is 1. The summed E-state index contributed by atoms with van der Waals surface area (Å²) in [5.41, 5.74) is 6.73. The predicted octanol–water partition coefficient (Wildman–Crippen LogP) is 3.03. The van der Waals surface area contributed by atoms with Crippen molar-refractivity contribution in [2.75, 3.05) is 17.7 Å². The van der Waals surface area contributed by atoms with Crippen LogP contribution in [-0.4, -0.2) is 29.2 Å². The first kappa shape index (κ1) is 18.4. The van der Waals surface area contributed by atoms with Crippen LogP contribution < -0.4 is 11.1 Å². The Morgan fingerprint density at radius 3 is 2.73 bits per heavy atom. The maximum absolute atomic E-state index is 12.1. The number of primary amides is 1. The van der Waals surface area contributed by atoms with Crippen molar-refractivity contribution in [3.05, 3.63) is 53.5 Å². The molecule has 2 aromatic carbocycles. The van der Waals surface area contributed by atoms with Gasteiger partial charge < -0.3 is 15.8 Å². The highest BCUT2D eigenvalue weighted by atomic mass is 32.2. The molecule has 0 saturated heterocycles. The van der Waals surface area contributed by atoms with Gasteiger partial charge >= 0.3 is 0 Å². The number of amides is 2. The lowest BCUT2D eigenvalue weighted by Crippen LogP contribution is -2.19. The first-order valence-electron chi connectivity index (χ1n) is 7.84. The van der Waals surface area contributed by atoms with E-state index in [4.69, 9.17) is 10.5 Å². The summed E-state index contributed by atoms with van der Waals surface area (Å²) >= 11 is 2.83. The number of para-hydroxylation sites is 2. The number of nitrogens with zero attached hydrogens (tertiary/aromatic N) is 1. The van der Waals surface area contributed by atoms with E-state index >= 15 is 0 Å². The zero-order valence-corrected chi connectivity index (χ0v) is 15.4. The molecule has 3 rings (SSSR count). The topological polar surface area (TPSA) is 94.3 Å². The number of hydrogen-bond donors (Lipinski definition) is 2. The quantitative estimate of drug-likeness (QED) is 0.580. The van der Waals surface area contributed by atoms with Crippen LogP contribution >= 0.6 is 23.1 Å². The Balaban J connectivity index is 1.52. The van der Waals surface area contributed by atoms with Crippen molar-refractivity contribution in [2.24, 2.45) is 5.73 Å². The van der Waals surface area contributed by atoms with Crippen molar-refractivity contribution < 1.29 is 14.3 Å². The molecule has 26 heavy (non-hydrogen) atoms. The molecule has 1 aromatic heterocycles. The normalized spacial score (nSPS) is 10.8. The number of fused-ring (bicyclic) bond motifs is 1. The molecule has 0 aliphatic rings. The molecule has 3 N–H and O–H groups in total. The summed E-state index contributed by atoms with van der Waals surface area (Å²) in [5, 5.41) is 3.62. The molecule has 1 heterocycles. The van der Waals surface area contributed by atoms with Gasteiger partial charge in [0.25, 0.3) is 0 Å². The highest BCUT2D eigenvalue weighted by Crippen LogP contribution is 2.26. The average Bonchev–Trinajstić information content (AvgIpc) is 3.03. The van der Waals surface area contributed by atoms with Gasteiger partial charge in [0.15, 0.2) is 0 Å². The molecule has 0 saturated carbocycles. The number of aromatic nitrogens is 1. The Morgan fingerprint density at radius 1 is 1.15 bits per heavy atom. The van der Waals surface area contributed by atoms with Crippen molar-refractivity contribution in [1.29, 1.82) is 0 Å². The van der Waals surface area contributed by atoms with Gasteiger partial charge in [0, 0.05) is 4.90 Å². The minimum Gasteiger partial charge on any atom is -0.369 e. The van der Waals surface area contributed by atoms with Gasteiger partial charge in [-0.15, -0.1) is 23.1 Å². The maximum atomic E-state index is 12.1. The molecule has 134 valence electrons. The van der Waals surface area contributed by atoms with Crippen molar-refractivity contribution in [3.8, 4) is 0 Å². The molecule has 0 spiro atoms. The standard InChI is InChI=1S/C18H17N3O3S2/c19-16(22)11-25-14-7-3-1-5-12(14)20-17(23)9-24-10-18-21-13-6-2-4-8-15(13)26-18/h1-8H,9-11H2,(H2,19,22)(H,20,23). The van der Waals surface area contributed by atoms with Gasteiger partial charge in [-0.3, -0.25) is 9.59 Å². The number of nitrogens with one attached hydrogen (secondary N) is 1. The van der Waals surface area contributed by atoms with Crippen LogP contribution in [0, 0.1) is 0 Å². The Bertz CT molecular complexity index is 894. The van der Waals surface area contributed by atoms with Crippen LogP contribution in [0.1, 0.15) is 5.01 Å². The van der Waals surface area contributed by atoms with Crippen LogP contribution in [0.4, 0.5) is 5.69 Å². The molecule has 0 aliphatic carbocycles. The van der Waals surface area contributed by atoms with E-state index in [1.54, 1.807) is 17.4 Å². The van der Waals surface area contributed by atoms with Gasteiger partial charge in [0.2, 0.25) is 11.8 Å². The monoisotopic (exact) mass is 387 g/mol. The lowest BCUT2D eigenvalue weighted by molar-refractivity contribution is -0.121. The van der Waals surface area contributed by atoms with Gasteiger partial charge in [-0.2, -0.15) is 0 Å². The molecule has 0 atom stereocenters. The Hall–Kier alpha value is -2.42. The van der Waals surface area contributed by atoms with Crippen molar-refractivity contribution >= 4 is 50.8 Å². The highest BCUT2D eigenvalue weighted by Gasteiger charge is 2.09. The van der Waals surface area contributed by atoms with Crippen molar-refractivity contribution in [1.82, 2.24) is 4.98 Å². The number of ether oxygens (including phenoxy) is 1. The van der Waals surface area contributed by atoms with Crippen molar-refractivity contribution in [2.45, 2.75) is 11.5 Å². The number of rotatable bonds is 8. The van der Waals surface area contributed by atoms with Crippen LogP contribution in [0.25, 0.3) is 10.2 Å². The summed E-state index contributed by atoms with van der Waals surface area (Å²) in [7, 11) is 0. The van der Waals surface area contributed by atoms with Crippen molar-refractivity contribution in [3.63, 3.8) is 0 Å². The summed E-state index contributed by atoms with van der Waals surface area (Å²) in [6.45, 7) is 0.204. The van der Waals surface area contributed by atoms with Crippen LogP contribution in [0.15, 0.2) is 53.4 Å². The fourth-order valence-electron chi connectivity index (χ4n) is 2.24. The zero-order valence-electron chi connectivity index (χ0n) is 13.8. The molecule has 0 radical (unpaired) electrons. The molecule has 6 nitrogen and oxygen atoms in total. The second-order valence-corrected chi connectivity index (χ2v) is 7.50. The number of anilines is 1. The second kappa shape index (κ2) is 8.79. The molecule has 0 unspecified atom stereocenters. The molecule has 3 aromatic rings. The highest BCUT2D eigenvalue weighted by molar-refractivity contribution is 8.00. The fraction of sp³-hybridized carbons (Fsp3) is 0.167. The van der Waals surface area contributed by atoms with Gasteiger partial charge in [0.1, 0.15) is 11.6 Å². The number of carbonyl (C=O) groups excluding carboxylic acids is 2. The number of thiazole rings is 1. The second-order valence-electron chi connectivity index (χ2n) is 5.37. The SMILES string of the molecule is NC(=O)CSc1ccccc1NC(=O)COCc1nc2ccccc2s1. The van der Waals surface area contributed by atoms with Gasteiger partial charge in [-0.05, 0) is 24.3 Å². The minimum atomic E-state index is -0.407. The van der Waals surface area contributed by atoms with E-state index < -0.39 is 5.91 Å². The molecule has 0 fully saturated rings. The molecular formula is C18H17N3O3S2. The third-order valence-electron chi connectivity index (χ3n) is 3.33. The molecule has 0 bridgehead atoms. The van der Waals surface area contributed by atoms with Crippen LogP contribution in [0.3, 0.4) is 0 Å². The van der Waals surface area contributed by atoms with Crippen LogP contribution in [0.2, 0.25) is 0 Å².